The molecule has 0 aliphatic carbocycles. The third-order valence-electron chi connectivity index (χ3n) is 2.52. The van der Waals surface area contributed by atoms with E-state index >= 15 is 0 Å². The molecule has 17 heavy (non-hydrogen) atoms. The molecule has 0 radical (unpaired) electrons. The largest absolute Gasteiger partial charge is 0.466 e. The van der Waals surface area contributed by atoms with Crippen molar-refractivity contribution in [3.8, 4) is 0 Å². The summed E-state index contributed by atoms with van der Waals surface area (Å²) in [6.45, 7) is 0. The summed E-state index contributed by atoms with van der Waals surface area (Å²) in [7, 11) is 1.17. The van der Waals surface area contributed by atoms with Gasteiger partial charge in [0.15, 0.2) is 0 Å². The minimum Gasteiger partial charge on any atom is -0.466 e. The Labute approximate surface area is 101 Å². The number of fused-ring (bicyclic) bond motifs is 1. The predicted molar refractivity (Wildman–Crippen MR) is 56.3 cm³/mol. The standard InChI is InChI=1S/C11H8ClFO4/c1-16-11(15)8-4-6-5(10(14)17-8)2-3-7(12)9(6)13/h2-3,8H,4H2,1H3. The lowest BCUT2D eigenvalue weighted by molar-refractivity contribution is -0.151. The second-order valence-corrected chi connectivity index (χ2v) is 3.92. The first-order valence-electron chi connectivity index (χ1n) is 4.80. The first-order chi connectivity index (χ1) is 8.04. The Bertz CT molecular complexity index is 500. The van der Waals surface area contributed by atoms with Gasteiger partial charge in [-0.3, -0.25) is 0 Å². The monoisotopic (exact) mass is 258 g/mol. The van der Waals surface area contributed by atoms with Crippen molar-refractivity contribution in [1.29, 1.82) is 0 Å². The minimum atomic E-state index is -1.12. The van der Waals surface area contributed by atoms with E-state index in [2.05, 4.69) is 4.74 Å². The zero-order valence-corrected chi connectivity index (χ0v) is 9.58. The number of cyclic esters (lactones) is 1. The SMILES string of the molecule is COC(=O)C1Cc2c(ccc(Cl)c2F)C(=O)O1. The average molecular weight is 259 g/mol. The Hall–Kier alpha value is -1.62. The lowest BCUT2D eigenvalue weighted by Gasteiger charge is -2.23. The number of carbonyl (C=O) groups excluding carboxylic acids is 2. The van der Waals surface area contributed by atoms with Crippen molar-refractivity contribution in [2.75, 3.05) is 7.11 Å². The molecule has 4 nitrogen and oxygen atoms in total. The number of benzene rings is 1. The molecule has 90 valence electrons. The van der Waals surface area contributed by atoms with Gasteiger partial charge in [-0.2, -0.15) is 0 Å². The van der Waals surface area contributed by atoms with Crippen molar-refractivity contribution < 1.29 is 23.5 Å². The van der Waals surface area contributed by atoms with Gasteiger partial charge in [0.1, 0.15) is 5.82 Å². The van der Waals surface area contributed by atoms with Crippen molar-refractivity contribution in [3.63, 3.8) is 0 Å². The van der Waals surface area contributed by atoms with Gasteiger partial charge < -0.3 is 9.47 Å². The molecule has 0 aromatic heterocycles. The van der Waals surface area contributed by atoms with Crippen LogP contribution in [0.5, 0.6) is 0 Å². The Morgan fingerprint density at radius 2 is 2.29 bits per heavy atom. The quantitative estimate of drug-likeness (QED) is 0.720. The molecular formula is C11H8ClFO4. The summed E-state index contributed by atoms with van der Waals surface area (Å²) in [5, 5.41) is -0.0953. The molecule has 0 N–H and O–H groups in total. The van der Waals surface area contributed by atoms with Gasteiger partial charge in [-0.15, -0.1) is 0 Å². The van der Waals surface area contributed by atoms with Crippen LogP contribution in [0.2, 0.25) is 5.02 Å². The van der Waals surface area contributed by atoms with Gasteiger partial charge in [-0.25, -0.2) is 14.0 Å². The van der Waals surface area contributed by atoms with E-state index in [0.717, 1.165) is 0 Å². The van der Waals surface area contributed by atoms with Crippen molar-refractivity contribution in [2.24, 2.45) is 0 Å². The number of ether oxygens (including phenoxy) is 2. The van der Waals surface area contributed by atoms with E-state index in [1.165, 1.54) is 19.2 Å². The molecule has 0 fully saturated rings. The van der Waals surface area contributed by atoms with Crippen LogP contribution in [0.1, 0.15) is 15.9 Å². The fourth-order valence-corrected chi connectivity index (χ4v) is 1.84. The highest BCUT2D eigenvalue weighted by Crippen LogP contribution is 2.28. The maximum atomic E-state index is 13.7. The maximum Gasteiger partial charge on any atom is 0.347 e. The van der Waals surface area contributed by atoms with E-state index in [1.54, 1.807) is 0 Å². The molecule has 1 heterocycles. The summed E-state index contributed by atoms with van der Waals surface area (Å²) >= 11 is 5.61. The third-order valence-corrected chi connectivity index (χ3v) is 2.81. The lowest BCUT2D eigenvalue weighted by atomic mass is 9.98. The van der Waals surface area contributed by atoms with E-state index < -0.39 is 23.9 Å². The van der Waals surface area contributed by atoms with Crippen LogP contribution < -0.4 is 0 Å². The smallest absolute Gasteiger partial charge is 0.347 e. The van der Waals surface area contributed by atoms with Crippen LogP contribution in [0.4, 0.5) is 4.39 Å². The number of carbonyl (C=O) groups is 2. The summed E-state index contributed by atoms with van der Waals surface area (Å²) in [5.74, 6) is -2.17. The maximum absolute atomic E-state index is 13.7. The Morgan fingerprint density at radius 1 is 1.59 bits per heavy atom. The summed E-state index contributed by atoms with van der Waals surface area (Å²) in [4.78, 5) is 22.8. The number of hydrogen-bond donors (Lipinski definition) is 0. The van der Waals surface area contributed by atoms with Crippen LogP contribution in [0.3, 0.4) is 0 Å². The normalized spacial score (nSPS) is 18.3. The Balaban J connectivity index is 2.44. The summed E-state index contributed by atoms with van der Waals surface area (Å²) in [6.07, 6.45) is -1.19. The summed E-state index contributed by atoms with van der Waals surface area (Å²) in [5.41, 5.74) is 0.177. The topological polar surface area (TPSA) is 52.6 Å². The molecule has 1 aliphatic rings. The zero-order valence-electron chi connectivity index (χ0n) is 8.83. The molecule has 2 rings (SSSR count). The molecule has 0 saturated carbocycles. The third kappa shape index (κ3) is 1.98. The number of methoxy groups -OCH3 is 1. The van der Waals surface area contributed by atoms with Gasteiger partial charge in [0.2, 0.25) is 6.10 Å². The molecule has 1 aliphatic heterocycles. The van der Waals surface area contributed by atoms with Gasteiger partial charge >= 0.3 is 11.9 Å². The Morgan fingerprint density at radius 3 is 2.94 bits per heavy atom. The highest BCUT2D eigenvalue weighted by atomic mass is 35.5. The lowest BCUT2D eigenvalue weighted by Crippen LogP contribution is -2.35. The first-order valence-corrected chi connectivity index (χ1v) is 5.18. The van der Waals surface area contributed by atoms with Crippen molar-refractivity contribution in [2.45, 2.75) is 12.5 Å². The van der Waals surface area contributed by atoms with Gasteiger partial charge in [0.25, 0.3) is 0 Å². The molecular weight excluding hydrogens is 251 g/mol. The van der Waals surface area contributed by atoms with E-state index in [4.69, 9.17) is 16.3 Å². The van der Waals surface area contributed by atoms with Gasteiger partial charge in [0, 0.05) is 12.0 Å². The molecule has 0 bridgehead atoms. The van der Waals surface area contributed by atoms with Crippen LogP contribution in [-0.2, 0) is 20.7 Å². The van der Waals surface area contributed by atoms with E-state index in [-0.39, 0.29) is 22.6 Å². The molecule has 1 atom stereocenters. The minimum absolute atomic E-state index is 0.0693. The number of halogens is 2. The highest BCUT2D eigenvalue weighted by molar-refractivity contribution is 6.31. The highest BCUT2D eigenvalue weighted by Gasteiger charge is 2.34. The van der Waals surface area contributed by atoms with Crippen LogP contribution >= 0.6 is 11.6 Å². The van der Waals surface area contributed by atoms with Crippen LogP contribution in [0.25, 0.3) is 0 Å². The van der Waals surface area contributed by atoms with Gasteiger partial charge in [-0.1, -0.05) is 11.6 Å². The molecule has 0 saturated heterocycles. The van der Waals surface area contributed by atoms with Crippen molar-refractivity contribution >= 4 is 23.5 Å². The van der Waals surface area contributed by atoms with Gasteiger partial charge in [-0.05, 0) is 12.1 Å². The molecule has 6 heteroatoms. The fraction of sp³-hybridized carbons (Fsp3) is 0.273. The van der Waals surface area contributed by atoms with Crippen molar-refractivity contribution in [3.05, 3.63) is 34.1 Å². The second kappa shape index (κ2) is 4.33. The van der Waals surface area contributed by atoms with Crippen LogP contribution in [0.15, 0.2) is 12.1 Å². The van der Waals surface area contributed by atoms with Crippen LogP contribution in [-0.4, -0.2) is 25.2 Å². The second-order valence-electron chi connectivity index (χ2n) is 3.51. The van der Waals surface area contributed by atoms with Crippen molar-refractivity contribution in [1.82, 2.24) is 0 Å². The summed E-state index contributed by atoms with van der Waals surface area (Å²) < 4.78 is 23.0. The van der Waals surface area contributed by atoms with E-state index in [1.807, 2.05) is 0 Å². The number of rotatable bonds is 1. The van der Waals surface area contributed by atoms with Gasteiger partial charge in [0.05, 0.1) is 17.7 Å². The predicted octanol–water partition coefficient (Wildman–Crippen LogP) is 1.73. The fourth-order valence-electron chi connectivity index (χ4n) is 1.67. The summed E-state index contributed by atoms with van der Waals surface area (Å²) in [6, 6.07) is 2.64. The van der Waals surface area contributed by atoms with E-state index in [9.17, 15) is 14.0 Å². The molecule has 0 spiro atoms. The molecule has 0 amide bonds. The number of esters is 2. The van der Waals surface area contributed by atoms with Crippen LogP contribution in [0, 0.1) is 5.82 Å². The Kier molecular flexibility index (Phi) is 3.02. The first kappa shape index (κ1) is 11.9. The van der Waals surface area contributed by atoms with E-state index in [0.29, 0.717) is 0 Å². The number of hydrogen-bond acceptors (Lipinski definition) is 4. The molecule has 1 aromatic rings. The average Bonchev–Trinajstić information content (AvgIpc) is 2.33. The molecule has 1 unspecified atom stereocenters. The zero-order chi connectivity index (χ0) is 12.6. The molecule has 1 aromatic carbocycles.